The first-order valence-electron chi connectivity index (χ1n) is 7.63. The molecule has 0 saturated carbocycles. The fourth-order valence-electron chi connectivity index (χ4n) is 2.51. The summed E-state index contributed by atoms with van der Waals surface area (Å²) in [5.41, 5.74) is -2.05. The molecular weight excluding hydrogens is 382 g/mol. The van der Waals surface area contributed by atoms with Crippen molar-refractivity contribution in [1.82, 2.24) is 19.1 Å². The van der Waals surface area contributed by atoms with Crippen molar-refractivity contribution < 1.29 is 18.3 Å². The minimum absolute atomic E-state index is 0.207. The van der Waals surface area contributed by atoms with Gasteiger partial charge in [0.1, 0.15) is 5.75 Å². The van der Waals surface area contributed by atoms with E-state index >= 15 is 0 Å². The number of hydrogen-bond acceptors (Lipinski definition) is 6. The summed E-state index contributed by atoms with van der Waals surface area (Å²) in [6, 6.07) is 6.53. The van der Waals surface area contributed by atoms with Crippen molar-refractivity contribution in [3.63, 3.8) is 0 Å². The lowest BCUT2D eigenvalue weighted by Gasteiger charge is -2.08. The Labute approximate surface area is 154 Å². The van der Waals surface area contributed by atoms with Crippen LogP contribution in [0.15, 0.2) is 39.0 Å². The van der Waals surface area contributed by atoms with E-state index in [9.17, 15) is 23.2 Å². The third kappa shape index (κ3) is 3.37. The molecule has 0 fully saturated rings. The zero-order chi connectivity index (χ0) is 19.7. The molecule has 11 heteroatoms. The molecule has 0 spiro atoms. The van der Waals surface area contributed by atoms with Crippen molar-refractivity contribution >= 4 is 28.7 Å². The second-order valence-electron chi connectivity index (χ2n) is 5.45. The fourth-order valence-corrected chi connectivity index (χ4v) is 3.39. The van der Waals surface area contributed by atoms with Gasteiger partial charge in [-0.05, 0) is 12.1 Å². The number of carbonyl (C=O) groups excluding carboxylic acids is 1. The van der Waals surface area contributed by atoms with Crippen molar-refractivity contribution in [2.75, 3.05) is 12.9 Å². The van der Waals surface area contributed by atoms with Crippen LogP contribution in [0.4, 0.5) is 8.78 Å². The SMILES string of the molecule is COc1ccccc1C(=O)CSc1nc2[nH]c(=O)n(C)c(=O)c2n1C(F)F. The van der Waals surface area contributed by atoms with E-state index in [4.69, 9.17) is 4.74 Å². The Kier molecular flexibility index (Phi) is 5.13. The van der Waals surface area contributed by atoms with Crippen LogP contribution < -0.4 is 16.0 Å². The molecule has 0 aliphatic heterocycles. The maximum absolute atomic E-state index is 13.5. The molecule has 0 bridgehead atoms. The summed E-state index contributed by atoms with van der Waals surface area (Å²) < 4.78 is 33.3. The van der Waals surface area contributed by atoms with E-state index in [0.717, 1.165) is 11.8 Å². The van der Waals surface area contributed by atoms with E-state index in [2.05, 4.69) is 9.97 Å². The topological polar surface area (TPSA) is 99.0 Å². The number of methoxy groups -OCH3 is 1. The number of nitrogens with one attached hydrogen (secondary N) is 1. The van der Waals surface area contributed by atoms with E-state index < -0.39 is 23.3 Å². The smallest absolute Gasteiger partial charge is 0.329 e. The number of ether oxygens (including phenoxy) is 1. The zero-order valence-electron chi connectivity index (χ0n) is 14.2. The molecule has 3 rings (SSSR count). The highest BCUT2D eigenvalue weighted by molar-refractivity contribution is 7.99. The van der Waals surface area contributed by atoms with Crippen LogP contribution in [0, 0.1) is 0 Å². The van der Waals surface area contributed by atoms with Gasteiger partial charge in [0.15, 0.2) is 22.1 Å². The van der Waals surface area contributed by atoms with E-state index in [1.807, 2.05) is 0 Å². The van der Waals surface area contributed by atoms with Gasteiger partial charge in [-0.15, -0.1) is 0 Å². The predicted molar refractivity (Wildman–Crippen MR) is 94.9 cm³/mol. The van der Waals surface area contributed by atoms with E-state index in [1.165, 1.54) is 14.2 Å². The molecule has 0 aliphatic carbocycles. The molecule has 0 unspecified atom stereocenters. The first kappa shape index (κ1) is 18.8. The summed E-state index contributed by atoms with van der Waals surface area (Å²) >= 11 is 0.740. The number of ketones is 1. The molecule has 8 nitrogen and oxygen atoms in total. The van der Waals surface area contributed by atoms with Crippen LogP contribution in [0.25, 0.3) is 11.2 Å². The van der Waals surface area contributed by atoms with Crippen molar-refractivity contribution in [3.05, 3.63) is 50.7 Å². The Hall–Kier alpha value is -2.95. The highest BCUT2D eigenvalue weighted by atomic mass is 32.2. The number of H-pyrrole nitrogens is 1. The molecule has 1 N–H and O–H groups in total. The number of aromatic amines is 1. The second-order valence-corrected chi connectivity index (χ2v) is 6.39. The number of halogens is 2. The van der Waals surface area contributed by atoms with Crippen molar-refractivity contribution in [1.29, 1.82) is 0 Å². The maximum Gasteiger partial charge on any atom is 0.329 e. The van der Waals surface area contributed by atoms with Crippen molar-refractivity contribution in [3.8, 4) is 5.75 Å². The Morgan fingerprint density at radius 2 is 2.04 bits per heavy atom. The molecule has 27 heavy (non-hydrogen) atoms. The number of aromatic nitrogens is 4. The van der Waals surface area contributed by atoms with Gasteiger partial charge >= 0.3 is 12.2 Å². The second kappa shape index (κ2) is 7.35. The normalized spacial score (nSPS) is 11.3. The van der Waals surface area contributed by atoms with E-state index in [1.54, 1.807) is 24.3 Å². The first-order chi connectivity index (χ1) is 12.8. The number of carbonyl (C=O) groups is 1. The van der Waals surface area contributed by atoms with Gasteiger partial charge in [-0.3, -0.25) is 23.7 Å². The van der Waals surface area contributed by atoms with Gasteiger partial charge < -0.3 is 4.74 Å². The molecule has 0 radical (unpaired) electrons. The number of rotatable bonds is 6. The van der Waals surface area contributed by atoms with Gasteiger partial charge in [0.25, 0.3) is 5.56 Å². The lowest BCUT2D eigenvalue weighted by molar-refractivity contribution is 0.0653. The molecule has 0 atom stereocenters. The standard InChI is InChI=1S/C16H14F2N4O4S/c1-21-13(24)11-12(19-15(21)25)20-16(22(11)14(17)18)27-7-9(23)8-5-3-4-6-10(8)26-2/h3-6,14H,7H2,1-2H3,(H,19,25). The predicted octanol–water partition coefficient (Wildman–Crippen LogP) is 1.80. The molecule has 0 amide bonds. The number of alkyl halides is 2. The molecule has 2 aromatic heterocycles. The summed E-state index contributed by atoms with van der Waals surface area (Å²) in [5, 5.41) is -0.248. The summed E-state index contributed by atoms with van der Waals surface area (Å²) in [6.07, 6.45) is 0. The quantitative estimate of drug-likeness (QED) is 0.504. The number of thioether (sulfide) groups is 1. The molecule has 0 saturated heterocycles. The molecule has 2 heterocycles. The van der Waals surface area contributed by atoms with Gasteiger partial charge in [0, 0.05) is 7.05 Å². The molecule has 0 aliphatic rings. The highest BCUT2D eigenvalue weighted by Gasteiger charge is 2.23. The number of para-hydroxylation sites is 1. The van der Waals surface area contributed by atoms with Gasteiger partial charge in [0.2, 0.25) is 0 Å². The van der Waals surface area contributed by atoms with Gasteiger partial charge in [-0.1, -0.05) is 23.9 Å². The van der Waals surface area contributed by atoms with Crippen LogP contribution >= 0.6 is 11.8 Å². The number of fused-ring (bicyclic) bond motifs is 1. The minimum atomic E-state index is -3.07. The summed E-state index contributed by atoms with van der Waals surface area (Å²) in [5.74, 6) is -0.198. The van der Waals surface area contributed by atoms with Crippen LogP contribution in [-0.4, -0.2) is 37.7 Å². The lowest BCUT2D eigenvalue weighted by atomic mass is 10.1. The number of benzene rings is 1. The Morgan fingerprint density at radius 1 is 1.33 bits per heavy atom. The van der Waals surface area contributed by atoms with E-state index in [-0.39, 0.29) is 22.3 Å². The third-order valence-electron chi connectivity index (χ3n) is 3.85. The molecule has 142 valence electrons. The minimum Gasteiger partial charge on any atom is -0.496 e. The summed E-state index contributed by atoms with van der Waals surface area (Å²) in [6.45, 7) is -3.07. The van der Waals surface area contributed by atoms with Gasteiger partial charge in [-0.2, -0.15) is 8.78 Å². The first-order valence-corrected chi connectivity index (χ1v) is 8.62. The van der Waals surface area contributed by atoms with Crippen LogP contribution in [0.3, 0.4) is 0 Å². The fraction of sp³-hybridized carbons (Fsp3) is 0.250. The number of Topliss-reactive ketones (excluding diaryl/α,β-unsaturated/α-hetero) is 1. The van der Waals surface area contributed by atoms with Gasteiger partial charge in [0.05, 0.1) is 18.4 Å². The monoisotopic (exact) mass is 396 g/mol. The van der Waals surface area contributed by atoms with Crippen LogP contribution in [0.2, 0.25) is 0 Å². The van der Waals surface area contributed by atoms with Crippen LogP contribution in [-0.2, 0) is 7.05 Å². The van der Waals surface area contributed by atoms with Crippen LogP contribution in [0.5, 0.6) is 5.75 Å². The lowest BCUT2D eigenvalue weighted by Crippen LogP contribution is -2.33. The average Bonchev–Trinajstić information content (AvgIpc) is 3.02. The van der Waals surface area contributed by atoms with Crippen molar-refractivity contribution in [2.24, 2.45) is 7.05 Å². The molecular formula is C16H14F2N4O4S. The van der Waals surface area contributed by atoms with E-state index in [0.29, 0.717) is 20.4 Å². The Balaban J connectivity index is 1.99. The average molecular weight is 396 g/mol. The van der Waals surface area contributed by atoms with Crippen LogP contribution in [0.1, 0.15) is 16.9 Å². The summed E-state index contributed by atoms with van der Waals surface area (Å²) in [4.78, 5) is 42.4. The zero-order valence-corrected chi connectivity index (χ0v) is 15.0. The highest BCUT2D eigenvalue weighted by Crippen LogP contribution is 2.28. The maximum atomic E-state index is 13.5. The van der Waals surface area contributed by atoms with Gasteiger partial charge in [-0.25, -0.2) is 9.78 Å². The largest absolute Gasteiger partial charge is 0.496 e. The molecule has 3 aromatic rings. The number of imidazole rings is 1. The third-order valence-corrected chi connectivity index (χ3v) is 4.80. The number of nitrogens with zero attached hydrogens (tertiary/aromatic N) is 3. The Bertz CT molecular complexity index is 1140. The Morgan fingerprint density at radius 3 is 2.70 bits per heavy atom. The van der Waals surface area contributed by atoms with Crippen molar-refractivity contribution in [2.45, 2.75) is 11.7 Å². The number of hydrogen-bond donors (Lipinski definition) is 1. The summed E-state index contributed by atoms with van der Waals surface area (Å²) in [7, 11) is 2.59. The molecule has 1 aromatic carbocycles.